The highest BCUT2D eigenvalue weighted by Gasteiger charge is 2.40. The molecule has 0 spiro atoms. The Balaban J connectivity index is 0.980. The summed E-state index contributed by atoms with van der Waals surface area (Å²) in [6.45, 7) is 8.15. The monoisotopic (exact) mass is 675 g/mol. The number of ether oxygens (including phenoxy) is 1. The van der Waals surface area contributed by atoms with Crippen LogP contribution in [0.4, 0.5) is 0 Å². The minimum atomic E-state index is -0.791. The molecule has 1 aliphatic rings. The van der Waals surface area contributed by atoms with Crippen molar-refractivity contribution in [2.45, 2.75) is 63.5 Å². The van der Waals surface area contributed by atoms with Crippen LogP contribution in [0.5, 0.6) is 17.2 Å². The molecule has 0 unspecified atom stereocenters. The number of piperidine rings is 1. The number of phenolic OH excluding ortho intramolecular Hbond substituents is 2. The molecular weight excluding hydrogens is 626 g/mol. The third-order valence-corrected chi connectivity index (χ3v) is 10.3. The van der Waals surface area contributed by atoms with Crippen molar-refractivity contribution < 1.29 is 20.1 Å². The van der Waals surface area contributed by atoms with Crippen LogP contribution in [0.1, 0.15) is 67.0 Å². The number of aliphatic hydroxyl groups is 1. The van der Waals surface area contributed by atoms with E-state index in [2.05, 4.69) is 77.6 Å². The molecule has 1 saturated heterocycles. The smallest absolute Gasteiger partial charge is 0.248 e. The zero-order valence-electron chi connectivity index (χ0n) is 29.1. The van der Waals surface area contributed by atoms with Gasteiger partial charge in [0.1, 0.15) is 17.2 Å². The number of pyridine rings is 1. The van der Waals surface area contributed by atoms with Crippen LogP contribution in [0.25, 0.3) is 10.9 Å². The maximum absolute atomic E-state index is 11.7. The van der Waals surface area contributed by atoms with Crippen LogP contribution in [-0.4, -0.2) is 64.0 Å². The number of fused-ring (bicyclic) bond motifs is 1. The Morgan fingerprint density at radius 2 is 1.58 bits per heavy atom. The molecule has 8 heteroatoms. The van der Waals surface area contributed by atoms with E-state index in [1.807, 2.05) is 24.3 Å². The van der Waals surface area contributed by atoms with Crippen LogP contribution in [0.3, 0.4) is 0 Å². The number of aromatic hydroxyl groups is 2. The first-order valence-corrected chi connectivity index (χ1v) is 17.8. The molecule has 50 heavy (non-hydrogen) atoms. The predicted molar refractivity (Wildman–Crippen MR) is 199 cm³/mol. The molecule has 5 aromatic rings. The Kier molecular flexibility index (Phi) is 11.2. The summed E-state index contributed by atoms with van der Waals surface area (Å²) in [6.07, 6.45) is 3.68. The van der Waals surface area contributed by atoms with E-state index in [4.69, 9.17) is 4.74 Å². The van der Waals surface area contributed by atoms with Gasteiger partial charge in [0.2, 0.25) is 5.56 Å². The van der Waals surface area contributed by atoms with Crippen molar-refractivity contribution in [1.29, 1.82) is 0 Å². The summed E-state index contributed by atoms with van der Waals surface area (Å²) >= 11 is 0. The molecule has 8 nitrogen and oxygen atoms in total. The molecule has 6 rings (SSSR count). The van der Waals surface area contributed by atoms with Crippen LogP contribution >= 0.6 is 0 Å². The van der Waals surface area contributed by atoms with Gasteiger partial charge >= 0.3 is 0 Å². The maximum Gasteiger partial charge on any atom is 0.248 e. The third kappa shape index (κ3) is 8.05. The highest BCUT2D eigenvalue weighted by atomic mass is 16.5. The van der Waals surface area contributed by atoms with E-state index in [1.165, 1.54) is 23.3 Å². The van der Waals surface area contributed by atoms with Gasteiger partial charge in [-0.1, -0.05) is 60.7 Å². The van der Waals surface area contributed by atoms with Crippen LogP contribution < -0.4 is 15.6 Å². The Hall–Kier alpha value is -4.63. The number of hydrogen-bond acceptors (Lipinski definition) is 7. The SMILES string of the molecule is CC(C)N1CCC(c2ccccc2)(c2cc(CCCOc3ccc(CCNC[C@H](O)c4ccc(O)c5[nH]c(=O)ccc45)cc3)ccc2O)CC1. The number of aryl methyl sites for hydroxylation is 1. The molecule has 0 saturated carbocycles. The predicted octanol–water partition coefficient (Wildman–Crippen LogP) is 6.61. The number of benzene rings is 4. The van der Waals surface area contributed by atoms with Crippen LogP contribution in [0.15, 0.2) is 102 Å². The van der Waals surface area contributed by atoms with E-state index in [0.717, 1.165) is 62.1 Å². The van der Waals surface area contributed by atoms with Crippen molar-refractivity contribution in [1.82, 2.24) is 15.2 Å². The fourth-order valence-corrected chi connectivity index (χ4v) is 7.36. The number of nitrogens with one attached hydrogen (secondary N) is 2. The quantitative estimate of drug-likeness (QED) is 0.0842. The van der Waals surface area contributed by atoms with Gasteiger partial charge in [0, 0.05) is 35.0 Å². The Labute approximate surface area is 294 Å². The number of phenols is 2. The van der Waals surface area contributed by atoms with Gasteiger partial charge in [0.25, 0.3) is 0 Å². The number of nitrogens with zero attached hydrogens (tertiary/aromatic N) is 1. The highest BCUT2D eigenvalue weighted by molar-refractivity contribution is 5.87. The van der Waals surface area contributed by atoms with E-state index >= 15 is 0 Å². The topological polar surface area (TPSA) is 118 Å². The second kappa shape index (κ2) is 15.9. The van der Waals surface area contributed by atoms with Crippen molar-refractivity contribution in [2.24, 2.45) is 0 Å². The zero-order chi connectivity index (χ0) is 35.1. The summed E-state index contributed by atoms with van der Waals surface area (Å²) in [7, 11) is 0. The highest BCUT2D eigenvalue weighted by Crippen LogP contribution is 2.46. The molecule has 4 aromatic carbocycles. The second-order valence-corrected chi connectivity index (χ2v) is 13.8. The Morgan fingerprint density at radius 3 is 2.32 bits per heavy atom. The summed E-state index contributed by atoms with van der Waals surface area (Å²) in [5.41, 5.74) is 5.16. The van der Waals surface area contributed by atoms with E-state index in [9.17, 15) is 20.1 Å². The summed E-state index contributed by atoms with van der Waals surface area (Å²) in [4.78, 5) is 16.8. The van der Waals surface area contributed by atoms with E-state index in [1.54, 1.807) is 12.1 Å². The number of hydrogen-bond donors (Lipinski definition) is 5. The van der Waals surface area contributed by atoms with Crippen LogP contribution in [0.2, 0.25) is 0 Å². The molecule has 262 valence electrons. The van der Waals surface area contributed by atoms with Gasteiger partial charge < -0.3 is 35.3 Å². The first kappa shape index (κ1) is 35.2. The summed E-state index contributed by atoms with van der Waals surface area (Å²) in [6, 6.07) is 31.7. The normalized spacial score (nSPS) is 15.4. The fourth-order valence-electron chi connectivity index (χ4n) is 7.36. The van der Waals surface area contributed by atoms with Crippen LogP contribution in [-0.2, 0) is 18.3 Å². The molecule has 1 aliphatic heterocycles. The number of likely N-dealkylation sites (tertiary alicyclic amines) is 1. The van der Waals surface area contributed by atoms with Crippen LogP contribution in [0, 0.1) is 0 Å². The Morgan fingerprint density at radius 1 is 0.860 bits per heavy atom. The largest absolute Gasteiger partial charge is 0.508 e. The minimum absolute atomic E-state index is 0.0228. The lowest BCUT2D eigenvalue weighted by Gasteiger charge is -2.44. The van der Waals surface area contributed by atoms with Crippen molar-refractivity contribution in [3.63, 3.8) is 0 Å². The lowest BCUT2D eigenvalue weighted by molar-refractivity contribution is 0.144. The summed E-state index contributed by atoms with van der Waals surface area (Å²) in [5, 5.41) is 36.0. The molecule has 0 bridgehead atoms. The average molecular weight is 676 g/mol. The van der Waals surface area contributed by atoms with E-state index in [-0.39, 0.29) is 16.7 Å². The summed E-state index contributed by atoms with van der Waals surface area (Å²) in [5.74, 6) is 1.19. The van der Waals surface area contributed by atoms with Crippen molar-refractivity contribution in [3.8, 4) is 17.2 Å². The van der Waals surface area contributed by atoms with Crippen molar-refractivity contribution in [3.05, 3.63) is 135 Å². The number of aromatic amines is 1. The minimum Gasteiger partial charge on any atom is -0.508 e. The van der Waals surface area contributed by atoms with Gasteiger partial charge in [-0.05, 0) is 118 Å². The van der Waals surface area contributed by atoms with Crippen molar-refractivity contribution in [2.75, 3.05) is 32.8 Å². The first-order valence-electron chi connectivity index (χ1n) is 17.8. The molecule has 2 heterocycles. The average Bonchev–Trinajstić information content (AvgIpc) is 3.13. The number of aliphatic hydroxyl groups excluding tert-OH is 1. The van der Waals surface area contributed by atoms with Gasteiger partial charge in [-0.25, -0.2) is 0 Å². The Bertz CT molecular complexity index is 1910. The summed E-state index contributed by atoms with van der Waals surface area (Å²) < 4.78 is 6.09. The molecular formula is C42H49N3O5. The third-order valence-electron chi connectivity index (χ3n) is 10.3. The molecule has 0 radical (unpaired) electrons. The first-order chi connectivity index (χ1) is 24.2. The molecule has 5 N–H and O–H groups in total. The lowest BCUT2D eigenvalue weighted by atomic mass is 9.67. The number of H-pyrrole nitrogens is 1. The fraction of sp³-hybridized carbons (Fsp3) is 0.357. The van der Waals surface area contributed by atoms with Crippen molar-refractivity contribution >= 4 is 10.9 Å². The molecule has 1 fully saturated rings. The van der Waals surface area contributed by atoms with E-state index in [0.29, 0.717) is 48.0 Å². The van der Waals surface area contributed by atoms with Gasteiger partial charge in [-0.3, -0.25) is 4.79 Å². The number of rotatable bonds is 14. The molecule has 1 aromatic heterocycles. The molecule has 1 atom stereocenters. The van der Waals surface area contributed by atoms with E-state index < -0.39 is 6.10 Å². The second-order valence-electron chi connectivity index (χ2n) is 13.8. The number of aromatic nitrogens is 1. The van der Waals surface area contributed by atoms with Gasteiger partial charge in [0.15, 0.2) is 0 Å². The maximum atomic E-state index is 11.7. The van der Waals surface area contributed by atoms with Gasteiger partial charge in [-0.15, -0.1) is 0 Å². The molecule has 0 aliphatic carbocycles. The lowest BCUT2D eigenvalue weighted by Crippen LogP contribution is -2.45. The van der Waals surface area contributed by atoms with Gasteiger partial charge in [-0.2, -0.15) is 0 Å². The standard InChI is InChI=1S/C42H49N3O5/c1-29(2)45-24-21-42(22-25-45,32-8-4-3-5-9-32)36-27-31(12-17-37(36)46)7-6-26-50-33-13-10-30(11-14-33)20-23-43-28-39(48)34-15-18-38(47)41-35(34)16-19-40(49)44-41/h3-5,8-19,27,29,39,43,46-48H,6-7,20-26,28H2,1-2H3,(H,44,49)/t39-/m0/s1. The zero-order valence-corrected chi connectivity index (χ0v) is 29.1. The van der Waals surface area contributed by atoms with Gasteiger partial charge in [0.05, 0.1) is 18.2 Å². The molecule has 0 amide bonds.